The number of urea groups is 1. The summed E-state index contributed by atoms with van der Waals surface area (Å²) < 4.78 is 40.4. The quantitative estimate of drug-likeness (QED) is 0.579. The maximum absolute atomic E-state index is 13.5. The Labute approximate surface area is 213 Å². The average Bonchev–Trinajstić information content (AvgIpc) is 2.83. The Hall–Kier alpha value is -2.75. The lowest BCUT2D eigenvalue weighted by Gasteiger charge is -2.37. The number of hydrogen-bond donors (Lipinski definition) is 2. The van der Waals surface area contributed by atoms with Crippen molar-refractivity contribution in [3.63, 3.8) is 0 Å². The summed E-state index contributed by atoms with van der Waals surface area (Å²) in [6.07, 6.45) is -1.59. The third-order valence-corrected chi connectivity index (χ3v) is 7.03. The van der Waals surface area contributed by atoms with Gasteiger partial charge < -0.3 is 20.4 Å². The minimum atomic E-state index is -4.57. The van der Waals surface area contributed by atoms with Crippen molar-refractivity contribution in [2.24, 2.45) is 5.92 Å². The standard InChI is InChI=1S/C25H31ClF3N5O2/c1-15(2)23(35)33-8-10-34(11-9-33)24(36)31-18-5-3-4-17(13-18)30-21-14-22(25(27,28)29)32-20-7-6-16(26)12-19(20)21/h6-7,12,14-15,17-18H,3-5,8-11,13H2,1-2H3,(H,30,32)(H,31,36)/t17-,18+/m0/s1. The van der Waals surface area contributed by atoms with E-state index < -0.39 is 11.9 Å². The Bertz CT molecular complexity index is 1120. The van der Waals surface area contributed by atoms with E-state index in [2.05, 4.69) is 15.6 Å². The molecule has 196 valence electrons. The number of alkyl halides is 3. The SMILES string of the molecule is CC(C)C(=O)N1CCN(C(=O)N[C@@H]2CCC[C@H](Nc3cc(C(F)(F)F)nc4ccc(Cl)cc34)C2)CC1. The van der Waals surface area contributed by atoms with E-state index in [-0.39, 0.29) is 35.5 Å². The Morgan fingerprint density at radius 2 is 1.72 bits per heavy atom. The Morgan fingerprint density at radius 1 is 1.06 bits per heavy atom. The fourth-order valence-corrected chi connectivity index (χ4v) is 5.07. The summed E-state index contributed by atoms with van der Waals surface area (Å²) >= 11 is 6.11. The number of rotatable bonds is 4. The van der Waals surface area contributed by atoms with Crippen LogP contribution >= 0.6 is 11.6 Å². The molecule has 1 saturated carbocycles. The molecule has 1 aliphatic heterocycles. The summed E-state index contributed by atoms with van der Waals surface area (Å²) in [5.41, 5.74) is -0.416. The van der Waals surface area contributed by atoms with Crippen molar-refractivity contribution in [3.05, 3.63) is 35.0 Å². The summed E-state index contributed by atoms with van der Waals surface area (Å²) in [7, 11) is 0. The molecule has 7 nitrogen and oxygen atoms in total. The van der Waals surface area contributed by atoms with Crippen molar-refractivity contribution < 1.29 is 22.8 Å². The molecule has 0 radical (unpaired) electrons. The molecule has 1 aromatic heterocycles. The van der Waals surface area contributed by atoms with Gasteiger partial charge in [-0.15, -0.1) is 0 Å². The highest BCUT2D eigenvalue weighted by Crippen LogP contribution is 2.35. The van der Waals surface area contributed by atoms with Crippen LogP contribution in [-0.4, -0.2) is 65.0 Å². The van der Waals surface area contributed by atoms with Crippen LogP contribution in [0.15, 0.2) is 24.3 Å². The number of amides is 3. The van der Waals surface area contributed by atoms with Crippen LogP contribution in [0.4, 0.5) is 23.7 Å². The van der Waals surface area contributed by atoms with Gasteiger partial charge in [-0.2, -0.15) is 13.2 Å². The topological polar surface area (TPSA) is 77.6 Å². The van der Waals surface area contributed by atoms with Crippen LogP contribution in [-0.2, 0) is 11.0 Å². The smallest absolute Gasteiger partial charge is 0.382 e. The highest BCUT2D eigenvalue weighted by Gasteiger charge is 2.34. The van der Waals surface area contributed by atoms with Crippen molar-refractivity contribution in [3.8, 4) is 0 Å². The van der Waals surface area contributed by atoms with Crippen molar-refractivity contribution >= 4 is 40.1 Å². The highest BCUT2D eigenvalue weighted by molar-refractivity contribution is 6.31. The zero-order valence-electron chi connectivity index (χ0n) is 20.4. The first-order chi connectivity index (χ1) is 17.0. The fraction of sp³-hybridized carbons (Fsp3) is 0.560. The molecule has 11 heteroatoms. The van der Waals surface area contributed by atoms with E-state index in [9.17, 15) is 22.8 Å². The van der Waals surface area contributed by atoms with E-state index in [4.69, 9.17) is 11.6 Å². The van der Waals surface area contributed by atoms with Gasteiger partial charge in [0.15, 0.2) is 0 Å². The first-order valence-corrected chi connectivity index (χ1v) is 12.7. The maximum Gasteiger partial charge on any atom is 0.433 e. The van der Waals surface area contributed by atoms with Gasteiger partial charge in [-0.1, -0.05) is 25.4 Å². The maximum atomic E-state index is 13.5. The van der Waals surface area contributed by atoms with Gasteiger partial charge in [-0.3, -0.25) is 4.79 Å². The van der Waals surface area contributed by atoms with Gasteiger partial charge in [0.2, 0.25) is 5.91 Å². The second-order valence-electron chi connectivity index (χ2n) is 9.84. The molecule has 4 rings (SSSR count). The van der Waals surface area contributed by atoms with Crippen LogP contribution in [0.2, 0.25) is 5.02 Å². The Morgan fingerprint density at radius 3 is 2.39 bits per heavy atom. The van der Waals surface area contributed by atoms with Gasteiger partial charge in [0.1, 0.15) is 5.69 Å². The molecule has 0 spiro atoms. The molecule has 1 aromatic carbocycles. The van der Waals surface area contributed by atoms with Crippen LogP contribution in [0, 0.1) is 5.92 Å². The molecule has 2 aliphatic rings. The second-order valence-corrected chi connectivity index (χ2v) is 10.3. The molecular formula is C25H31ClF3N5O2. The number of nitrogens with zero attached hydrogens (tertiary/aromatic N) is 3. The lowest BCUT2D eigenvalue weighted by atomic mass is 9.90. The molecule has 2 N–H and O–H groups in total. The van der Waals surface area contributed by atoms with Crippen LogP contribution < -0.4 is 10.6 Å². The largest absolute Gasteiger partial charge is 0.433 e. The molecule has 0 bridgehead atoms. The van der Waals surface area contributed by atoms with E-state index in [0.29, 0.717) is 48.7 Å². The summed E-state index contributed by atoms with van der Waals surface area (Å²) in [5.74, 6) is 0.0210. The number of carbonyl (C=O) groups excluding carboxylic acids is 2. The van der Waals surface area contributed by atoms with E-state index in [1.807, 2.05) is 13.8 Å². The van der Waals surface area contributed by atoms with Gasteiger partial charge in [0.05, 0.1) is 5.52 Å². The molecule has 1 saturated heterocycles. The minimum Gasteiger partial charge on any atom is -0.382 e. The highest BCUT2D eigenvalue weighted by atomic mass is 35.5. The van der Waals surface area contributed by atoms with E-state index >= 15 is 0 Å². The number of carbonyl (C=O) groups is 2. The number of nitrogens with one attached hydrogen (secondary N) is 2. The number of fused-ring (bicyclic) bond motifs is 1. The van der Waals surface area contributed by atoms with E-state index in [0.717, 1.165) is 25.3 Å². The zero-order chi connectivity index (χ0) is 26.0. The van der Waals surface area contributed by atoms with Crippen LogP contribution in [0.25, 0.3) is 10.9 Å². The van der Waals surface area contributed by atoms with Gasteiger partial charge in [-0.05, 0) is 49.9 Å². The predicted octanol–water partition coefficient (Wildman–Crippen LogP) is 5.14. The number of aromatic nitrogens is 1. The number of piperazine rings is 1. The van der Waals surface area contributed by atoms with Gasteiger partial charge in [-0.25, -0.2) is 9.78 Å². The first kappa shape index (κ1) is 26.3. The lowest BCUT2D eigenvalue weighted by Crippen LogP contribution is -2.55. The second kappa shape index (κ2) is 10.7. The summed E-state index contributed by atoms with van der Waals surface area (Å²) in [4.78, 5) is 32.3. The number of halogens is 4. The van der Waals surface area contributed by atoms with Crippen LogP contribution in [0.3, 0.4) is 0 Å². The zero-order valence-corrected chi connectivity index (χ0v) is 21.1. The summed E-state index contributed by atoms with van der Waals surface area (Å²) in [6, 6.07) is 5.25. The van der Waals surface area contributed by atoms with Crippen LogP contribution in [0.1, 0.15) is 45.2 Å². The molecule has 2 aromatic rings. The third-order valence-electron chi connectivity index (χ3n) is 6.80. The van der Waals surface area contributed by atoms with E-state index in [1.54, 1.807) is 15.9 Å². The number of benzene rings is 1. The van der Waals surface area contributed by atoms with Gasteiger partial charge >= 0.3 is 12.2 Å². The fourth-order valence-electron chi connectivity index (χ4n) is 4.90. The molecule has 3 amide bonds. The summed E-state index contributed by atoms with van der Waals surface area (Å²) in [5, 5.41) is 7.29. The van der Waals surface area contributed by atoms with Gasteiger partial charge in [0.25, 0.3) is 0 Å². The monoisotopic (exact) mass is 525 g/mol. The molecule has 2 fully saturated rings. The molecular weight excluding hydrogens is 495 g/mol. The Kier molecular flexibility index (Phi) is 7.82. The van der Waals surface area contributed by atoms with Gasteiger partial charge in [0, 0.05) is 60.3 Å². The minimum absolute atomic E-state index is 0.0715. The number of pyridine rings is 1. The molecule has 1 aliphatic carbocycles. The molecule has 36 heavy (non-hydrogen) atoms. The number of hydrogen-bond acceptors (Lipinski definition) is 4. The predicted molar refractivity (Wildman–Crippen MR) is 133 cm³/mol. The van der Waals surface area contributed by atoms with Crippen molar-refractivity contribution in [2.75, 3.05) is 31.5 Å². The van der Waals surface area contributed by atoms with Crippen LogP contribution in [0.5, 0.6) is 0 Å². The third kappa shape index (κ3) is 6.14. The summed E-state index contributed by atoms with van der Waals surface area (Å²) in [6.45, 7) is 5.70. The Balaban J connectivity index is 1.40. The average molecular weight is 526 g/mol. The number of anilines is 1. The van der Waals surface area contributed by atoms with Crippen molar-refractivity contribution in [1.82, 2.24) is 20.1 Å². The van der Waals surface area contributed by atoms with Crippen molar-refractivity contribution in [1.29, 1.82) is 0 Å². The van der Waals surface area contributed by atoms with Crippen molar-refractivity contribution in [2.45, 2.75) is 57.8 Å². The first-order valence-electron chi connectivity index (χ1n) is 12.3. The molecule has 0 unspecified atom stereocenters. The van der Waals surface area contributed by atoms with E-state index in [1.165, 1.54) is 12.1 Å². The lowest BCUT2D eigenvalue weighted by molar-refractivity contribution is -0.141. The molecule has 2 atom stereocenters. The molecule has 2 heterocycles. The normalized spacial score (nSPS) is 21.1.